The molecule has 0 radical (unpaired) electrons. The van der Waals surface area contributed by atoms with Crippen LogP contribution in [0, 0.1) is 0 Å². The second-order valence-electron chi connectivity index (χ2n) is 3.78. The van der Waals surface area contributed by atoms with Gasteiger partial charge in [0.1, 0.15) is 5.82 Å². The summed E-state index contributed by atoms with van der Waals surface area (Å²) in [6.07, 6.45) is 1.44. The van der Waals surface area contributed by atoms with Crippen LogP contribution < -0.4 is 5.32 Å². The van der Waals surface area contributed by atoms with E-state index in [9.17, 15) is 4.79 Å². The summed E-state index contributed by atoms with van der Waals surface area (Å²) in [6.45, 7) is 7.70. The number of anilines is 1. The highest BCUT2D eigenvalue weighted by Gasteiger charge is 2.12. The van der Waals surface area contributed by atoms with E-state index in [4.69, 9.17) is 16.7 Å². The Morgan fingerprint density at radius 3 is 2.72 bits per heavy atom. The van der Waals surface area contributed by atoms with Crippen LogP contribution in [0.15, 0.2) is 12.3 Å². The van der Waals surface area contributed by atoms with Crippen LogP contribution in [0.25, 0.3) is 0 Å². The third-order valence-electron chi connectivity index (χ3n) is 2.73. The third kappa shape index (κ3) is 3.85. The number of halogens is 1. The molecular weight excluding hydrogens is 254 g/mol. The van der Waals surface area contributed by atoms with E-state index in [1.54, 1.807) is 0 Å². The Kier molecular flexibility index (Phi) is 5.88. The molecule has 0 bridgehead atoms. The molecule has 0 aliphatic carbocycles. The van der Waals surface area contributed by atoms with Crippen molar-refractivity contribution in [3.05, 3.63) is 22.8 Å². The second-order valence-corrected chi connectivity index (χ2v) is 4.16. The van der Waals surface area contributed by atoms with E-state index in [1.807, 2.05) is 0 Å². The predicted octanol–water partition coefficient (Wildman–Crippen LogP) is 2.19. The van der Waals surface area contributed by atoms with Crippen molar-refractivity contribution in [2.45, 2.75) is 13.8 Å². The molecule has 0 aliphatic rings. The molecule has 1 heterocycles. The number of rotatable bonds is 7. The van der Waals surface area contributed by atoms with Crippen molar-refractivity contribution < 1.29 is 9.90 Å². The van der Waals surface area contributed by atoms with Gasteiger partial charge in [0.2, 0.25) is 0 Å². The maximum atomic E-state index is 10.9. The summed E-state index contributed by atoms with van der Waals surface area (Å²) in [6, 6.07) is 1.39. The average molecular weight is 272 g/mol. The molecule has 1 aromatic heterocycles. The van der Waals surface area contributed by atoms with Gasteiger partial charge in [-0.3, -0.25) is 0 Å². The molecular formula is C12H18ClN3O2. The number of carboxylic acid groups (broad SMARTS) is 1. The second kappa shape index (κ2) is 7.18. The zero-order valence-electron chi connectivity index (χ0n) is 10.6. The van der Waals surface area contributed by atoms with Crippen LogP contribution in [0.2, 0.25) is 5.02 Å². The number of likely N-dealkylation sites (N-methyl/N-ethyl adjacent to an activating group) is 1. The maximum absolute atomic E-state index is 10.9. The van der Waals surface area contributed by atoms with E-state index in [1.165, 1.54) is 12.3 Å². The van der Waals surface area contributed by atoms with E-state index in [-0.39, 0.29) is 10.6 Å². The maximum Gasteiger partial charge on any atom is 0.337 e. The fourth-order valence-electron chi connectivity index (χ4n) is 1.60. The van der Waals surface area contributed by atoms with Gasteiger partial charge < -0.3 is 15.3 Å². The summed E-state index contributed by atoms with van der Waals surface area (Å²) < 4.78 is 0. The first kappa shape index (κ1) is 14.7. The Labute approximate surface area is 112 Å². The number of pyridine rings is 1. The standard InChI is InChI=1S/C12H18ClN3O2/c1-3-16(4-2)8-7-15-11-10(13)9(12(17)18)5-6-14-11/h5-6H,3-4,7-8H2,1-2H3,(H,14,15)(H,17,18). The minimum Gasteiger partial charge on any atom is -0.478 e. The fourth-order valence-corrected chi connectivity index (χ4v) is 1.86. The smallest absolute Gasteiger partial charge is 0.337 e. The topological polar surface area (TPSA) is 65.5 Å². The molecule has 18 heavy (non-hydrogen) atoms. The van der Waals surface area contributed by atoms with Crippen molar-refractivity contribution in [2.24, 2.45) is 0 Å². The van der Waals surface area contributed by atoms with Crippen molar-refractivity contribution in [1.29, 1.82) is 0 Å². The van der Waals surface area contributed by atoms with Gasteiger partial charge in [-0.1, -0.05) is 25.4 Å². The molecule has 5 nitrogen and oxygen atoms in total. The summed E-state index contributed by atoms with van der Waals surface area (Å²) in [5.41, 5.74) is 0.0667. The Morgan fingerprint density at radius 1 is 1.50 bits per heavy atom. The zero-order chi connectivity index (χ0) is 13.5. The zero-order valence-corrected chi connectivity index (χ0v) is 11.4. The quantitative estimate of drug-likeness (QED) is 0.796. The lowest BCUT2D eigenvalue weighted by Crippen LogP contribution is -2.28. The van der Waals surface area contributed by atoms with Crippen molar-refractivity contribution in [3.8, 4) is 0 Å². The number of carbonyl (C=O) groups is 1. The van der Waals surface area contributed by atoms with Crippen molar-refractivity contribution in [3.63, 3.8) is 0 Å². The number of nitrogens with zero attached hydrogens (tertiary/aromatic N) is 2. The van der Waals surface area contributed by atoms with Gasteiger partial charge in [-0.25, -0.2) is 9.78 Å². The first-order chi connectivity index (χ1) is 8.60. The highest BCUT2D eigenvalue weighted by Crippen LogP contribution is 2.23. The molecule has 1 aromatic rings. The van der Waals surface area contributed by atoms with E-state index in [0.717, 1.165) is 19.6 Å². The Bertz CT molecular complexity index is 408. The Hall–Kier alpha value is -1.33. The van der Waals surface area contributed by atoms with Crippen LogP contribution in [-0.4, -0.2) is 47.1 Å². The van der Waals surface area contributed by atoms with Crippen molar-refractivity contribution in [1.82, 2.24) is 9.88 Å². The van der Waals surface area contributed by atoms with Gasteiger partial charge in [0.25, 0.3) is 0 Å². The lowest BCUT2D eigenvalue weighted by Gasteiger charge is -2.18. The van der Waals surface area contributed by atoms with Crippen LogP contribution in [0.4, 0.5) is 5.82 Å². The summed E-state index contributed by atoms with van der Waals surface area (Å²) in [5.74, 6) is -0.627. The molecule has 0 fully saturated rings. The minimum atomic E-state index is -1.05. The Balaban J connectivity index is 2.63. The lowest BCUT2D eigenvalue weighted by atomic mass is 10.2. The number of aromatic carboxylic acids is 1. The SMILES string of the molecule is CCN(CC)CCNc1nccc(C(=O)O)c1Cl. The molecule has 0 atom stereocenters. The number of aromatic nitrogens is 1. The molecule has 0 amide bonds. The van der Waals surface area contributed by atoms with Gasteiger partial charge in [-0.2, -0.15) is 0 Å². The molecule has 2 N–H and O–H groups in total. The van der Waals surface area contributed by atoms with Crippen LogP contribution in [0.1, 0.15) is 24.2 Å². The number of hydrogen-bond donors (Lipinski definition) is 2. The first-order valence-electron chi connectivity index (χ1n) is 5.94. The van der Waals surface area contributed by atoms with Crippen molar-refractivity contribution >= 4 is 23.4 Å². The predicted molar refractivity (Wildman–Crippen MR) is 72.5 cm³/mol. The fraction of sp³-hybridized carbons (Fsp3) is 0.500. The van der Waals surface area contributed by atoms with E-state index in [0.29, 0.717) is 12.4 Å². The molecule has 1 rings (SSSR count). The van der Waals surface area contributed by atoms with Crippen LogP contribution >= 0.6 is 11.6 Å². The van der Waals surface area contributed by atoms with Gasteiger partial charge >= 0.3 is 5.97 Å². The molecule has 0 saturated heterocycles. The van der Waals surface area contributed by atoms with Crippen LogP contribution in [-0.2, 0) is 0 Å². The first-order valence-corrected chi connectivity index (χ1v) is 6.31. The van der Waals surface area contributed by atoms with E-state index >= 15 is 0 Å². The summed E-state index contributed by atoms with van der Waals surface area (Å²) in [4.78, 5) is 17.2. The van der Waals surface area contributed by atoms with Gasteiger partial charge in [0.15, 0.2) is 0 Å². The lowest BCUT2D eigenvalue weighted by molar-refractivity contribution is 0.0697. The van der Waals surface area contributed by atoms with E-state index < -0.39 is 5.97 Å². The number of hydrogen-bond acceptors (Lipinski definition) is 4. The molecule has 0 unspecified atom stereocenters. The monoisotopic (exact) mass is 271 g/mol. The highest BCUT2D eigenvalue weighted by molar-refractivity contribution is 6.35. The summed E-state index contributed by atoms with van der Waals surface area (Å²) in [7, 11) is 0. The van der Waals surface area contributed by atoms with Crippen molar-refractivity contribution in [2.75, 3.05) is 31.5 Å². The molecule has 6 heteroatoms. The number of carboxylic acids is 1. The summed E-state index contributed by atoms with van der Waals surface area (Å²) >= 11 is 5.97. The molecule has 0 aliphatic heterocycles. The Morgan fingerprint density at radius 2 is 2.17 bits per heavy atom. The highest BCUT2D eigenvalue weighted by atomic mass is 35.5. The van der Waals surface area contributed by atoms with Gasteiger partial charge in [0.05, 0.1) is 10.6 Å². The van der Waals surface area contributed by atoms with Gasteiger partial charge in [-0.15, -0.1) is 0 Å². The largest absolute Gasteiger partial charge is 0.478 e. The number of nitrogens with one attached hydrogen (secondary N) is 1. The molecule has 0 aromatic carbocycles. The normalized spacial score (nSPS) is 10.7. The van der Waals surface area contributed by atoms with Crippen LogP contribution in [0.3, 0.4) is 0 Å². The van der Waals surface area contributed by atoms with Gasteiger partial charge in [-0.05, 0) is 19.2 Å². The third-order valence-corrected chi connectivity index (χ3v) is 3.12. The molecule has 0 spiro atoms. The average Bonchev–Trinajstić information content (AvgIpc) is 2.36. The molecule has 0 saturated carbocycles. The molecule has 100 valence electrons. The van der Waals surface area contributed by atoms with Crippen LogP contribution in [0.5, 0.6) is 0 Å². The van der Waals surface area contributed by atoms with E-state index in [2.05, 4.69) is 29.0 Å². The summed E-state index contributed by atoms with van der Waals surface area (Å²) in [5, 5.41) is 12.1. The minimum absolute atomic E-state index is 0.0667. The van der Waals surface area contributed by atoms with Gasteiger partial charge in [0, 0.05) is 19.3 Å².